The first-order chi connectivity index (χ1) is 9.97. The van der Waals surface area contributed by atoms with Crippen molar-refractivity contribution in [1.82, 2.24) is 0 Å². The molecular weight excluding hydrogens is 280 g/mol. The third-order valence-electron chi connectivity index (χ3n) is 4.69. The molecule has 1 aromatic rings. The maximum absolute atomic E-state index is 13.6. The van der Waals surface area contributed by atoms with Crippen LogP contribution in [0.2, 0.25) is 0 Å². The van der Waals surface area contributed by atoms with Crippen LogP contribution in [0.1, 0.15) is 19.3 Å². The molecule has 0 aromatic heterocycles. The van der Waals surface area contributed by atoms with Crippen LogP contribution in [0.5, 0.6) is 0 Å². The summed E-state index contributed by atoms with van der Waals surface area (Å²) in [7, 11) is 0. The van der Waals surface area contributed by atoms with Gasteiger partial charge in [-0.3, -0.25) is 9.59 Å². The SMILES string of the molecule is O=C(Nc1cc(F)ccc1F)[C@@H]1[C@H]2CC[C@@H](C2)[C@@H]1C(=O)O. The number of hydrogen-bond acceptors (Lipinski definition) is 2. The van der Waals surface area contributed by atoms with Crippen molar-refractivity contribution in [1.29, 1.82) is 0 Å². The van der Waals surface area contributed by atoms with Crippen molar-refractivity contribution in [2.75, 3.05) is 5.32 Å². The number of aliphatic carboxylic acids is 1. The predicted octanol–water partition coefficient (Wildman–Crippen LogP) is 2.65. The normalized spacial score (nSPS) is 30.4. The lowest BCUT2D eigenvalue weighted by molar-refractivity contribution is -0.148. The van der Waals surface area contributed by atoms with Gasteiger partial charge in [0, 0.05) is 6.07 Å². The van der Waals surface area contributed by atoms with Crippen LogP contribution in [0.3, 0.4) is 0 Å². The first-order valence-corrected chi connectivity index (χ1v) is 6.96. The van der Waals surface area contributed by atoms with E-state index in [1.165, 1.54) is 0 Å². The summed E-state index contributed by atoms with van der Waals surface area (Å²) >= 11 is 0. The van der Waals surface area contributed by atoms with Crippen LogP contribution in [0, 0.1) is 35.3 Å². The van der Waals surface area contributed by atoms with Gasteiger partial charge in [0.1, 0.15) is 11.6 Å². The highest BCUT2D eigenvalue weighted by Gasteiger charge is 2.54. The zero-order valence-electron chi connectivity index (χ0n) is 11.2. The smallest absolute Gasteiger partial charge is 0.307 e. The molecule has 4 atom stereocenters. The predicted molar refractivity (Wildman–Crippen MR) is 70.4 cm³/mol. The number of hydrogen-bond donors (Lipinski definition) is 2. The van der Waals surface area contributed by atoms with Gasteiger partial charge in [0.15, 0.2) is 0 Å². The highest BCUT2D eigenvalue weighted by atomic mass is 19.1. The molecule has 21 heavy (non-hydrogen) atoms. The number of amides is 1. The third kappa shape index (κ3) is 2.39. The fraction of sp³-hybridized carbons (Fsp3) is 0.467. The molecule has 2 saturated carbocycles. The minimum Gasteiger partial charge on any atom is -0.481 e. The van der Waals surface area contributed by atoms with Crippen LogP contribution < -0.4 is 5.32 Å². The maximum atomic E-state index is 13.6. The first-order valence-electron chi connectivity index (χ1n) is 6.96. The number of benzene rings is 1. The van der Waals surface area contributed by atoms with Gasteiger partial charge in [-0.15, -0.1) is 0 Å². The summed E-state index contributed by atoms with van der Waals surface area (Å²) in [6, 6.07) is 2.79. The Bertz CT molecular complexity index is 605. The summed E-state index contributed by atoms with van der Waals surface area (Å²) in [4.78, 5) is 23.7. The second kappa shape index (κ2) is 5.09. The quantitative estimate of drug-likeness (QED) is 0.901. The lowest BCUT2D eigenvalue weighted by Crippen LogP contribution is -2.38. The number of carboxylic acids is 1. The van der Waals surface area contributed by atoms with Crippen molar-refractivity contribution < 1.29 is 23.5 Å². The molecule has 4 nitrogen and oxygen atoms in total. The van der Waals surface area contributed by atoms with Crippen LogP contribution >= 0.6 is 0 Å². The molecule has 2 aliphatic rings. The van der Waals surface area contributed by atoms with E-state index in [1.54, 1.807) is 0 Å². The van der Waals surface area contributed by atoms with Gasteiger partial charge in [0.25, 0.3) is 0 Å². The van der Waals surface area contributed by atoms with Crippen LogP contribution in [0.4, 0.5) is 14.5 Å². The molecule has 0 aliphatic heterocycles. The number of fused-ring (bicyclic) bond motifs is 2. The summed E-state index contributed by atoms with van der Waals surface area (Å²) in [5.74, 6) is -4.26. The highest BCUT2D eigenvalue weighted by Crippen LogP contribution is 2.52. The van der Waals surface area contributed by atoms with Gasteiger partial charge in [0.2, 0.25) is 5.91 Å². The van der Waals surface area contributed by atoms with Crippen LogP contribution in [-0.2, 0) is 9.59 Å². The van der Waals surface area contributed by atoms with Gasteiger partial charge in [-0.25, -0.2) is 8.78 Å². The molecule has 3 rings (SSSR count). The summed E-state index contributed by atoms with van der Waals surface area (Å²) in [6.45, 7) is 0. The Kier molecular flexibility index (Phi) is 3.39. The van der Waals surface area contributed by atoms with Crippen molar-refractivity contribution in [3.05, 3.63) is 29.8 Å². The first kappa shape index (κ1) is 14.0. The minimum atomic E-state index is -0.984. The maximum Gasteiger partial charge on any atom is 0.307 e. The molecule has 0 saturated heterocycles. The fourth-order valence-corrected chi connectivity index (χ4v) is 3.83. The van der Waals surface area contributed by atoms with Crippen molar-refractivity contribution in [3.8, 4) is 0 Å². The largest absolute Gasteiger partial charge is 0.481 e. The molecule has 0 unspecified atom stereocenters. The zero-order valence-corrected chi connectivity index (χ0v) is 11.2. The van der Waals surface area contributed by atoms with E-state index in [-0.39, 0.29) is 17.5 Å². The number of anilines is 1. The number of rotatable bonds is 3. The second-order valence-corrected chi connectivity index (χ2v) is 5.84. The van der Waals surface area contributed by atoms with E-state index in [0.29, 0.717) is 0 Å². The molecule has 1 aromatic carbocycles. The summed E-state index contributed by atoms with van der Waals surface area (Å²) < 4.78 is 26.7. The fourth-order valence-electron chi connectivity index (χ4n) is 3.83. The molecule has 0 radical (unpaired) electrons. The van der Waals surface area contributed by atoms with Gasteiger partial charge < -0.3 is 10.4 Å². The van der Waals surface area contributed by atoms with Crippen molar-refractivity contribution in [2.45, 2.75) is 19.3 Å². The summed E-state index contributed by atoms with van der Waals surface area (Å²) in [6.07, 6.45) is 2.36. The van der Waals surface area contributed by atoms with E-state index < -0.39 is 35.3 Å². The van der Waals surface area contributed by atoms with Gasteiger partial charge in [-0.1, -0.05) is 0 Å². The third-order valence-corrected chi connectivity index (χ3v) is 4.69. The standard InChI is InChI=1S/C15H15F2NO3/c16-9-3-4-10(17)11(6-9)18-14(19)12-7-1-2-8(5-7)13(12)15(20)21/h3-4,6-8,12-13H,1-2,5H2,(H,18,19)(H,20,21)/t7-,8-,12+,13-/m0/s1. The Morgan fingerprint density at radius 2 is 1.81 bits per heavy atom. The Labute approximate surface area is 120 Å². The van der Waals surface area contributed by atoms with Gasteiger partial charge >= 0.3 is 5.97 Å². The van der Waals surface area contributed by atoms with Crippen LogP contribution in [0.25, 0.3) is 0 Å². The molecule has 2 aliphatic carbocycles. The summed E-state index contributed by atoms with van der Waals surface area (Å²) in [5, 5.41) is 11.7. The van der Waals surface area contributed by atoms with E-state index in [0.717, 1.165) is 37.5 Å². The average molecular weight is 295 g/mol. The second-order valence-electron chi connectivity index (χ2n) is 5.84. The lowest BCUT2D eigenvalue weighted by atomic mass is 9.78. The molecule has 2 fully saturated rings. The van der Waals surface area contributed by atoms with Crippen LogP contribution in [-0.4, -0.2) is 17.0 Å². The monoisotopic (exact) mass is 295 g/mol. The number of carbonyl (C=O) groups is 2. The van der Waals surface area contributed by atoms with E-state index >= 15 is 0 Å². The zero-order chi connectivity index (χ0) is 15.1. The van der Waals surface area contributed by atoms with Gasteiger partial charge in [-0.05, 0) is 43.2 Å². The van der Waals surface area contributed by atoms with E-state index in [1.807, 2.05) is 0 Å². The lowest BCUT2D eigenvalue weighted by Gasteiger charge is -2.27. The molecule has 0 heterocycles. The Balaban J connectivity index is 1.81. The van der Waals surface area contributed by atoms with Crippen molar-refractivity contribution in [2.24, 2.45) is 23.7 Å². The van der Waals surface area contributed by atoms with E-state index in [9.17, 15) is 23.5 Å². The molecule has 0 spiro atoms. The van der Waals surface area contributed by atoms with Crippen molar-refractivity contribution in [3.63, 3.8) is 0 Å². The number of carboxylic acid groups (broad SMARTS) is 1. The molecule has 112 valence electrons. The molecule has 1 amide bonds. The topological polar surface area (TPSA) is 66.4 Å². The average Bonchev–Trinajstić information content (AvgIpc) is 3.03. The Morgan fingerprint density at radius 1 is 1.14 bits per heavy atom. The Hall–Kier alpha value is -1.98. The summed E-state index contributed by atoms with van der Waals surface area (Å²) in [5.41, 5.74) is -0.244. The molecule has 2 bridgehead atoms. The van der Waals surface area contributed by atoms with Gasteiger partial charge in [0.05, 0.1) is 17.5 Å². The number of halogens is 2. The molecule has 6 heteroatoms. The number of nitrogens with one attached hydrogen (secondary N) is 1. The van der Waals surface area contributed by atoms with E-state index in [2.05, 4.69) is 5.32 Å². The minimum absolute atomic E-state index is 0.0145. The van der Waals surface area contributed by atoms with E-state index in [4.69, 9.17) is 0 Å². The van der Waals surface area contributed by atoms with Crippen molar-refractivity contribution >= 4 is 17.6 Å². The van der Waals surface area contributed by atoms with Crippen LogP contribution in [0.15, 0.2) is 18.2 Å². The highest BCUT2D eigenvalue weighted by molar-refractivity contribution is 5.96. The number of carbonyl (C=O) groups excluding carboxylic acids is 1. The molecule has 2 N–H and O–H groups in total. The molecular formula is C15H15F2NO3. The Morgan fingerprint density at radius 3 is 2.48 bits per heavy atom. The van der Waals surface area contributed by atoms with Gasteiger partial charge in [-0.2, -0.15) is 0 Å².